The zero-order chi connectivity index (χ0) is 12.7. The zero-order valence-electron chi connectivity index (χ0n) is 9.96. The molecule has 2 nitrogen and oxygen atoms in total. The Labute approximate surface area is 104 Å². The predicted octanol–water partition coefficient (Wildman–Crippen LogP) is 3.04. The van der Waals surface area contributed by atoms with Gasteiger partial charge in [-0.3, -0.25) is 4.79 Å². The van der Waals surface area contributed by atoms with Crippen molar-refractivity contribution in [3.05, 3.63) is 58.9 Å². The molecular weight excluding hydrogens is 229 g/mol. The third kappa shape index (κ3) is 1.68. The molecule has 18 heavy (non-hydrogen) atoms. The number of carbonyl (C=O) groups excluding carboxylic acids is 1. The minimum atomic E-state index is -0.225. The van der Waals surface area contributed by atoms with E-state index in [0.717, 1.165) is 16.7 Å². The van der Waals surface area contributed by atoms with Gasteiger partial charge in [0.05, 0.1) is 0 Å². The number of hydrogen-bond acceptors (Lipinski definition) is 1. The third-order valence-corrected chi connectivity index (χ3v) is 3.30. The second-order valence-corrected chi connectivity index (χ2v) is 4.52. The van der Waals surface area contributed by atoms with Crippen LogP contribution in [-0.2, 0) is 6.54 Å². The molecule has 1 amide bonds. The van der Waals surface area contributed by atoms with Gasteiger partial charge in [0.15, 0.2) is 0 Å². The van der Waals surface area contributed by atoms with Crippen molar-refractivity contribution in [2.24, 2.45) is 0 Å². The molecule has 0 saturated carbocycles. The van der Waals surface area contributed by atoms with Crippen LogP contribution in [0.1, 0.15) is 21.5 Å². The highest BCUT2D eigenvalue weighted by molar-refractivity contribution is 5.99. The lowest BCUT2D eigenvalue weighted by atomic mass is 9.99. The highest BCUT2D eigenvalue weighted by Gasteiger charge is 2.18. The standard InChI is InChI=1S/C15H12FNO/c1-9-2-3-11(7-14(9)16)10-4-5-12-8-17-15(18)13(12)6-10/h2-7H,8H2,1H3,(H,17,18). The summed E-state index contributed by atoms with van der Waals surface area (Å²) in [6.07, 6.45) is 0. The number of carbonyl (C=O) groups is 1. The molecule has 0 radical (unpaired) electrons. The largest absolute Gasteiger partial charge is 0.348 e. The Balaban J connectivity index is 2.10. The number of rotatable bonds is 1. The van der Waals surface area contributed by atoms with E-state index >= 15 is 0 Å². The molecule has 0 unspecified atom stereocenters. The molecule has 0 atom stereocenters. The van der Waals surface area contributed by atoms with Gasteiger partial charge in [0.25, 0.3) is 5.91 Å². The predicted molar refractivity (Wildman–Crippen MR) is 67.7 cm³/mol. The number of nitrogens with one attached hydrogen (secondary N) is 1. The topological polar surface area (TPSA) is 29.1 Å². The first-order chi connectivity index (χ1) is 8.65. The van der Waals surface area contributed by atoms with Crippen LogP contribution >= 0.6 is 0 Å². The summed E-state index contributed by atoms with van der Waals surface area (Å²) in [5.74, 6) is -0.281. The van der Waals surface area contributed by atoms with Crippen molar-refractivity contribution < 1.29 is 9.18 Å². The van der Waals surface area contributed by atoms with Crippen LogP contribution in [0.15, 0.2) is 36.4 Å². The van der Waals surface area contributed by atoms with E-state index in [9.17, 15) is 9.18 Å². The zero-order valence-corrected chi connectivity index (χ0v) is 9.96. The van der Waals surface area contributed by atoms with E-state index in [1.165, 1.54) is 6.07 Å². The van der Waals surface area contributed by atoms with Gasteiger partial charge in [0.2, 0.25) is 0 Å². The third-order valence-electron chi connectivity index (χ3n) is 3.30. The summed E-state index contributed by atoms with van der Waals surface area (Å²) in [6, 6.07) is 10.8. The molecule has 2 aromatic rings. The van der Waals surface area contributed by atoms with Crippen LogP contribution in [0, 0.1) is 12.7 Å². The van der Waals surface area contributed by atoms with Gasteiger partial charge < -0.3 is 5.32 Å². The highest BCUT2D eigenvalue weighted by atomic mass is 19.1. The van der Waals surface area contributed by atoms with E-state index in [2.05, 4.69) is 5.32 Å². The summed E-state index contributed by atoms with van der Waals surface area (Å²) < 4.78 is 13.5. The van der Waals surface area contributed by atoms with Gasteiger partial charge in [0, 0.05) is 12.1 Å². The van der Waals surface area contributed by atoms with Crippen LogP contribution in [0.2, 0.25) is 0 Å². The quantitative estimate of drug-likeness (QED) is 0.816. The van der Waals surface area contributed by atoms with E-state index in [4.69, 9.17) is 0 Å². The number of aryl methyl sites for hydroxylation is 1. The number of halogens is 1. The molecule has 0 aliphatic carbocycles. The average Bonchev–Trinajstić information content (AvgIpc) is 2.74. The van der Waals surface area contributed by atoms with Crippen molar-refractivity contribution in [3.63, 3.8) is 0 Å². The molecule has 1 aliphatic rings. The second kappa shape index (κ2) is 3.95. The summed E-state index contributed by atoms with van der Waals surface area (Å²) in [4.78, 5) is 11.6. The summed E-state index contributed by atoms with van der Waals surface area (Å²) in [7, 11) is 0. The van der Waals surface area contributed by atoms with E-state index < -0.39 is 0 Å². The smallest absolute Gasteiger partial charge is 0.251 e. The Morgan fingerprint density at radius 2 is 1.83 bits per heavy atom. The lowest BCUT2D eigenvalue weighted by Gasteiger charge is -2.05. The Kier molecular flexibility index (Phi) is 2.40. The first kappa shape index (κ1) is 11.0. The Morgan fingerprint density at radius 1 is 1.11 bits per heavy atom. The minimum absolute atomic E-state index is 0.0561. The van der Waals surface area contributed by atoms with Crippen molar-refractivity contribution in [1.29, 1.82) is 0 Å². The molecule has 3 rings (SSSR count). The van der Waals surface area contributed by atoms with Crippen molar-refractivity contribution >= 4 is 5.91 Å². The molecular formula is C15H12FNO. The minimum Gasteiger partial charge on any atom is -0.348 e. The van der Waals surface area contributed by atoms with Crippen LogP contribution in [0.5, 0.6) is 0 Å². The van der Waals surface area contributed by atoms with Crippen LogP contribution in [0.25, 0.3) is 11.1 Å². The van der Waals surface area contributed by atoms with Gasteiger partial charge >= 0.3 is 0 Å². The van der Waals surface area contributed by atoms with Crippen molar-refractivity contribution in [3.8, 4) is 11.1 Å². The molecule has 2 aromatic carbocycles. The van der Waals surface area contributed by atoms with Crippen LogP contribution < -0.4 is 5.32 Å². The molecule has 0 spiro atoms. The fourth-order valence-electron chi connectivity index (χ4n) is 2.16. The fourth-order valence-corrected chi connectivity index (χ4v) is 2.16. The number of amides is 1. The molecule has 1 N–H and O–H groups in total. The van der Waals surface area contributed by atoms with Gasteiger partial charge in [-0.25, -0.2) is 4.39 Å². The first-order valence-electron chi connectivity index (χ1n) is 5.83. The van der Waals surface area contributed by atoms with E-state index in [0.29, 0.717) is 17.7 Å². The van der Waals surface area contributed by atoms with Gasteiger partial charge in [-0.2, -0.15) is 0 Å². The summed E-state index contributed by atoms with van der Waals surface area (Å²) in [6.45, 7) is 2.31. The van der Waals surface area contributed by atoms with Gasteiger partial charge in [0.1, 0.15) is 5.82 Å². The molecule has 90 valence electrons. The molecule has 1 heterocycles. The maximum Gasteiger partial charge on any atom is 0.251 e. The van der Waals surface area contributed by atoms with Crippen LogP contribution in [0.3, 0.4) is 0 Å². The monoisotopic (exact) mass is 241 g/mol. The number of fused-ring (bicyclic) bond motifs is 1. The van der Waals surface area contributed by atoms with Crippen molar-refractivity contribution in [1.82, 2.24) is 5.32 Å². The van der Waals surface area contributed by atoms with Gasteiger partial charge in [-0.15, -0.1) is 0 Å². The molecule has 1 aliphatic heterocycles. The average molecular weight is 241 g/mol. The lowest BCUT2D eigenvalue weighted by Crippen LogP contribution is -2.12. The van der Waals surface area contributed by atoms with Crippen molar-refractivity contribution in [2.75, 3.05) is 0 Å². The summed E-state index contributed by atoms with van der Waals surface area (Å²) in [5.41, 5.74) is 3.97. The summed E-state index contributed by atoms with van der Waals surface area (Å²) >= 11 is 0. The Hall–Kier alpha value is -2.16. The molecule has 3 heteroatoms. The van der Waals surface area contributed by atoms with E-state index in [-0.39, 0.29) is 11.7 Å². The maximum absolute atomic E-state index is 13.5. The van der Waals surface area contributed by atoms with Gasteiger partial charge in [-0.05, 0) is 41.3 Å². The van der Waals surface area contributed by atoms with Crippen LogP contribution in [-0.4, -0.2) is 5.91 Å². The molecule has 0 aromatic heterocycles. The van der Waals surface area contributed by atoms with Crippen LogP contribution in [0.4, 0.5) is 4.39 Å². The highest BCUT2D eigenvalue weighted by Crippen LogP contribution is 2.26. The SMILES string of the molecule is Cc1ccc(-c2ccc3c(c2)C(=O)NC3)cc1F. The molecule has 0 bridgehead atoms. The number of hydrogen-bond donors (Lipinski definition) is 1. The van der Waals surface area contributed by atoms with E-state index in [1.807, 2.05) is 24.3 Å². The number of benzene rings is 2. The normalized spacial score (nSPS) is 13.3. The molecule has 0 fully saturated rings. The first-order valence-corrected chi connectivity index (χ1v) is 5.83. The summed E-state index contributed by atoms with van der Waals surface area (Å²) in [5, 5.41) is 2.77. The fraction of sp³-hybridized carbons (Fsp3) is 0.133. The van der Waals surface area contributed by atoms with Crippen molar-refractivity contribution in [2.45, 2.75) is 13.5 Å². The lowest BCUT2D eigenvalue weighted by molar-refractivity contribution is 0.0966. The Bertz CT molecular complexity index is 649. The van der Waals surface area contributed by atoms with E-state index in [1.54, 1.807) is 13.0 Å². The Morgan fingerprint density at radius 3 is 2.61 bits per heavy atom. The molecule has 0 saturated heterocycles. The van der Waals surface area contributed by atoms with Gasteiger partial charge in [-0.1, -0.05) is 24.3 Å². The maximum atomic E-state index is 13.5. The second-order valence-electron chi connectivity index (χ2n) is 4.52.